The molecule has 0 spiro atoms. The van der Waals surface area contributed by atoms with Gasteiger partial charge in [-0.1, -0.05) is 0 Å². The van der Waals surface area contributed by atoms with Crippen LogP contribution < -0.4 is 10.6 Å². The van der Waals surface area contributed by atoms with Gasteiger partial charge in [-0.25, -0.2) is 18.4 Å². The minimum Gasteiger partial charge on any atom is -0.388 e. The highest BCUT2D eigenvalue weighted by molar-refractivity contribution is 7.91. The maximum absolute atomic E-state index is 12.1. The zero-order valence-electron chi connectivity index (χ0n) is 20.8. The fourth-order valence-electron chi connectivity index (χ4n) is 5.73. The first-order valence-corrected chi connectivity index (χ1v) is 15.1. The van der Waals surface area contributed by atoms with Crippen LogP contribution in [0.3, 0.4) is 0 Å². The second kappa shape index (κ2) is 8.80. The van der Waals surface area contributed by atoms with E-state index < -0.39 is 38.8 Å². The van der Waals surface area contributed by atoms with Gasteiger partial charge in [-0.05, 0) is 32.3 Å². The minimum absolute atomic E-state index is 0.305. The zero-order valence-corrected chi connectivity index (χ0v) is 22.4. The second-order valence-electron chi connectivity index (χ2n) is 10.3. The summed E-state index contributed by atoms with van der Waals surface area (Å²) in [4.78, 5) is 18.9. The molecule has 0 amide bonds. The van der Waals surface area contributed by atoms with Crippen molar-refractivity contribution in [3.8, 4) is 10.6 Å². The molecule has 4 N–H and O–H groups in total. The van der Waals surface area contributed by atoms with Crippen LogP contribution >= 0.6 is 11.3 Å². The Kier molecular flexibility index (Phi) is 5.91. The summed E-state index contributed by atoms with van der Waals surface area (Å²) in [6.45, 7) is 2.87. The molecule has 0 bridgehead atoms. The number of hydrogen-bond donors (Lipinski definition) is 4. The predicted molar refractivity (Wildman–Crippen MR) is 141 cm³/mol. The van der Waals surface area contributed by atoms with Crippen molar-refractivity contribution in [2.24, 2.45) is 5.92 Å². The van der Waals surface area contributed by atoms with Crippen molar-refractivity contribution < 1.29 is 23.4 Å². The Bertz CT molecular complexity index is 1480. The maximum atomic E-state index is 12.1. The van der Waals surface area contributed by atoms with Crippen LogP contribution in [-0.4, -0.2) is 88.1 Å². The van der Waals surface area contributed by atoms with Gasteiger partial charge in [-0.2, -0.15) is 4.98 Å². The summed E-state index contributed by atoms with van der Waals surface area (Å²) >= 11 is 1.53. The Morgan fingerprint density at radius 1 is 1.27 bits per heavy atom. The normalized spacial score (nSPS) is 28.9. The number of sulfone groups is 1. The molecule has 3 aliphatic carbocycles. The summed E-state index contributed by atoms with van der Waals surface area (Å²) in [5.74, 6) is 0.796. The van der Waals surface area contributed by atoms with Crippen LogP contribution in [-0.2, 0) is 14.6 Å². The topological polar surface area (TPSA) is 159 Å². The molecule has 3 heterocycles. The van der Waals surface area contributed by atoms with Crippen molar-refractivity contribution in [1.82, 2.24) is 19.9 Å². The third kappa shape index (κ3) is 4.16. The van der Waals surface area contributed by atoms with Crippen LogP contribution in [0.5, 0.6) is 0 Å². The lowest BCUT2D eigenvalue weighted by Crippen LogP contribution is -2.43. The van der Waals surface area contributed by atoms with Crippen molar-refractivity contribution in [3.05, 3.63) is 23.7 Å². The highest BCUT2D eigenvalue weighted by atomic mass is 32.2. The number of ether oxygens (including phenoxy) is 1. The Hall–Kier alpha value is -2.45. The number of anilines is 2. The van der Waals surface area contributed by atoms with Crippen LogP contribution in [0.2, 0.25) is 0 Å². The zero-order chi connectivity index (χ0) is 26.1. The first-order valence-electron chi connectivity index (χ1n) is 12.4. The van der Waals surface area contributed by atoms with Crippen LogP contribution in [0.4, 0.5) is 11.8 Å². The van der Waals surface area contributed by atoms with Crippen LogP contribution in [0.1, 0.15) is 36.6 Å². The van der Waals surface area contributed by atoms with Gasteiger partial charge in [-0.3, -0.25) is 4.98 Å². The van der Waals surface area contributed by atoms with Gasteiger partial charge in [0.25, 0.3) is 0 Å². The molecule has 3 aromatic heterocycles. The number of aromatic nitrogens is 4. The number of hydrogen-bond acceptors (Lipinski definition) is 12. The Balaban J connectivity index is 1.37. The Labute approximate surface area is 218 Å². The van der Waals surface area contributed by atoms with Crippen molar-refractivity contribution in [2.45, 2.75) is 55.1 Å². The number of nitrogens with one attached hydrogen (secondary N) is 2. The average Bonchev–Trinajstić information content (AvgIpc) is 3.70. The molecule has 5 atom stereocenters. The second-order valence-corrected chi connectivity index (χ2v) is 13.5. The molecule has 3 aliphatic rings. The van der Waals surface area contributed by atoms with E-state index in [9.17, 15) is 18.6 Å². The van der Waals surface area contributed by atoms with Crippen molar-refractivity contribution in [1.29, 1.82) is 0 Å². The number of aryl methyl sites for hydroxylation is 1. The van der Waals surface area contributed by atoms with Gasteiger partial charge in [0, 0.05) is 37.9 Å². The molecule has 198 valence electrons. The molecule has 1 unspecified atom stereocenters. The van der Waals surface area contributed by atoms with Crippen LogP contribution in [0, 0.1) is 12.8 Å². The fraction of sp³-hybridized carbons (Fsp3) is 0.583. The lowest BCUT2D eigenvalue weighted by molar-refractivity contribution is 0.00557. The SMILES string of the molecule is COCCNc1nc(C)c(-c2nc3c(C4CC4)nccc3s2)c(N[C@@H]2C[C@@H]3C(S(C)(=O)=O)[C@]3(O)[C@H]2O)n1. The molecule has 0 saturated heterocycles. The van der Waals surface area contributed by atoms with E-state index in [1.54, 1.807) is 7.11 Å². The third-order valence-corrected chi connectivity index (χ3v) is 10.3. The number of fused-ring (bicyclic) bond motifs is 2. The smallest absolute Gasteiger partial charge is 0.224 e. The van der Waals surface area contributed by atoms with Gasteiger partial charge in [0.2, 0.25) is 5.95 Å². The van der Waals surface area contributed by atoms with Gasteiger partial charge in [0.05, 0.1) is 39.5 Å². The van der Waals surface area contributed by atoms with Gasteiger partial charge < -0.3 is 25.6 Å². The number of thiazole rings is 1. The number of aliphatic hydroxyl groups is 2. The molecule has 0 radical (unpaired) electrons. The minimum atomic E-state index is -3.47. The largest absolute Gasteiger partial charge is 0.388 e. The van der Waals surface area contributed by atoms with E-state index in [1.807, 2.05) is 19.2 Å². The van der Waals surface area contributed by atoms with E-state index in [2.05, 4.69) is 20.6 Å². The summed E-state index contributed by atoms with van der Waals surface area (Å²) in [7, 11) is -1.86. The molecule has 6 rings (SSSR count). The fourth-order valence-corrected chi connectivity index (χ4v) is 8.64. The monoisotopic (exact) mass is 546 g/mol. The molecule has 3 saturated carbocycles. The molecular formula is C24H30N6O5S2. The van der Waals surface area contributed by atoms with Crippen LogP contribution in [0.25, 0.3) is 20.8 Å². The molecule has 13 heteroatoms. The van der Waals surface area contributed by atoms with Gasteiger partial charge in [-0.15, -0.1) is 11.3 Å². The lowest BCUT2D eigenvalue weighted by atomic mass is 10.1. The predicted octanol–water partition coefficient (Wildman–Crippen LogP) is 1.71. The maximum Gasteiger partial charge on any atom is 0.224 e. The van der Waals surface area contributed by atoms with Crippen LogP contribution in [0.15, 0.2) is 12.3 Å². The highest BCUT2D eigenvalue weighted by Gasteiger charge is 2.77. The van der Waals surface area contributed by atoms with E-state index in [0.717, 1.165) is 40.0 Å². The van der Waals surface area contributed by atoms with Crippen molar-refractivity contribution in [2.75, 3.05) is 37.2 Å². The summed E-state index contributed by atoms with van der Waals surface area (Å²) in [5, 5.41) is 28.2. The number of nitrogens with zero attached hydrogens (tertiary/aromatic N) is 4. The standard InChI is InChI=1S/C24H30N6O5S2/c1-11-16(22-29-18-15(36-22)6-7-25-17(18)12-4-5-12)21(30-23(27-11)26-8-9-35-2)28-14-10-13-20(37(3,33)34)24(13,32)19(14)31/h6-7,12-14,19-20,31-32H,4-5,8-10H2,1-3H3,(H2,26,27,28,30)/t13-,14-,19+,20?,24-/m1/s1. The summed E-state index contributed by atoms with van der Waals surface area (Å²) in [5.41, 5.74) is 1.67. The molecule has 0 aromatic carbocycles. The first-order chi connectivity index (χ1) is 17.6. The third-order valence-electron chi connectivity index (χ3n) is 7.64. The summed E-state index contributed by atoms with van der Waals surface area (Å²) in [6.07, 6.45) is 4.21. The lowest BCUT2D eigenvalue weighted by Gasteiger charge is -2.25. The van der Waals surface area contributed by atoms with E-state index in [1.165, 1.54) is 11.3 Å². The highest BCUT2D eigenvalue weighted by Crippen LogP contribution is 2.59. The molecule has 11 nitrogen and oxygen atoms in total. The quantitative estimate of drug-likeness (QED) is 0.289. The average molecular weight is 547 g/mol. The Morgan fingerprint density at radius 3 is 2.70 bits per heavy atom. The van der Waals surface area contributed by atoms with Gasteiger partial charge in [0.15, 0.2) is 9.84 Å². The molecule has 37 heavy (non-hydrogen) atoms. The molecule has 3 fully saturated rings. The van der Waals surface area contributed by atoms with Crippen molar-refractivity contribution in [3.63, 3.8) is 0 Å². The van der Waals surface area contributed by atoms with Crippen molar-refractivity contribution >= 4 is 43.2 Å². The Morgan fingerprint density at radius 2 is 2.05 bits per heavy atom. The van der Waals surface area contributed by atoms with E-state index in [0.29, 0.717) is 48.5 Å². The van der Waals surface area contributed by atoms with E-state index in [4.69, 9.17) is 14.7 Å². The number of rotatable bonds is 9. The molecule has 3 aromatic rings. The van der Waals surface area contributed by atoms with E-state index >= 15 is 0 Å². The summed E-state index contributed by atoms with van der Waals surface area (Å²) < 4.78 is 30.3. The first kappa shape index (κ1) is 24.9. The number of pyridine rings is 1. The van der Waals surface area contributed by atoms with Gasteiger partial charge in [0.1, 0.15) is 28.0 Å². The number of aliphatic hydroxyl groups excluding tert-OH is 1. The number of methoxy groups -OCH3 is 1. The molecular weight excluding hydrogens is 516 g/mol. The van der Waals surface area contributed by atoms with Gasteiger partial charge >= 0.3 is 0 Å². The molecule has 0 aliphatic heterocycles. The summed E-state index contributed by atoms with van der Waals surface area (Å²) in [6, 6.07) is 1.38. The van der Waals surface area contributed by atoms with E-state index in [-0.39, 0.29) is 0 Å².